The summed E-state index contributed by atoms with van der Waals surface area (Å²) < 4.78 is 0. The number of hydrogen-bond donors (Lipinski definition) is 2. The van der Waals surface area contributed by atoms with Gasteiger partial charge in [-0.25, -0.2) is 4.99 Å². The molecule has 1 aliphatic carbocycles. The summed E-state index contributed by atoms with van der Waals surface area (Å²) in [7, 11) is 0. The number of likely N-dealkylation sites (tertiary alicyclic amines) is 1. The summed E-state index contributed by atoms with van der Waals surface area (Å²) >= 11 is 0. The van der Waals surface area contributed by atoms with Gasteiger partial charge in [0, 0.05) is 31.7 Å². The standard InChI is InChI=1S/C15H28N4.HI/c1-3-10-17-15(16-4-2)18-13-9-11-19(12-13)14-7-5-6-8-14;/h3,13-14H,1,4-12H2,2H3,(H2,16,17,18);1H. The molecule has 0 amide bonds. The van der Waals surface area contributed by atoms with Crippen LogP contribution < -0.4 is 10.6 Å². The summed E-state index contributed by atoms with van der Waals surface area (Å²) in [6.45, 7) is 9.81. The fourth-order valence-electron chi connectivity index (χ4n) is 3.18. The van der Waals surface area contributed by atoms with Crippen LogP contribution in [0.3, 0.4) is 0 Å². The number of halogens is 1. The zero-order chi connectivity index (χ0) is 13.5. The van der Waals surface area contributed by atoms with Gasteiger partial charge in [-0.05, 0) is 26.2 Å². The second-order valence-corrected chi connectivity index (χ2v) is 5.57. The minimum absolute atomic E-state index is 0. The molecule has 2 fully saturated rings. The second-order valence-electron chi connectivity index (χ2n) is 5.57. The van der Waals surface area contributed by atoms with Crippen LogP contribution in [-0.4, -0.2) is 49.1 Å². The molecule has 0 aromatic rings. The Morgan fingerprint density at radius 3 is 2.75 bits per heavy atom. The summed E-state index contributed by atoms with van der Waals surface area (Å²) in [6, 6.07) is 1.39. The first kappa shape index (κ1) is 17.8. The van der Waals surface area contributed by atoms with Crippen LogP contribution in [0.5, 0.6) is 0 Å². The second kappa shape index (κ2) is 9.60. The molecule has 1 saturated carbocycles. The van der Waals surface area contributed by atoms with Crippen LogP contribution in [0.25, 0.3) is 0 Å². The number of nitrogens with zero attached hydrogens (tertiary/aromatic N) is 2. The average molecular weight is 392 g/mol. The topological polar surface area (TPSA) is 39.7 Å². The Bertz CT molecular complexity index is 313. The van der Waals surface area contributed by atoms with E-state index in [1.54, 1.807) is 0 Å². The molecule has 116 valence electrons. The summed E-state index contributed by atoms with van der Waals surface area (Å²) in [5.74, 6) is 0.931. The highest BCUT2D eigenvalue weighted by Gasteiger charge is 2.30. The van der Waals surface area contributed by atoms with Crippen LogP contribution >= 0.6 is 24.0 Å². The van der Waals surface area contributed by atoms with Gasteiger partial charge in [0.05, 0.1) is 6.54 Å². The molecular weight excluding hydrogens is 363 g/mol. The van der Waals surface area contributed by atoms with E-state index < -0.39 is 0 Å². The highest BCUT2D eigenvalue weighted by atomic mass is 127. The normalized spacial score (nSPS) is 24.4. The van der Waals surface area contributed by atoms with E-state index in [1.807, 2.05) is 6.08 Å². The van der Waals surface area contributed by atoms with Crippen molar-refractivity contribution in [3.63, 3.8) is 0 Å². The first-order valence-electron chi connectivity index (χ1n) is 7.73. The van der Waals surface area contributed by atoms with Gasteiger partial charge >= 0.3 is 0 Å². The van der Waals surface area contributed by atoms with E-state index in [0.29, 0.717) is 12.6 Å². The summed E-state index contributed by atoms with van der Waals surface area (Å²) in [5.41, 5.74) is 0. The summed E-state index contributed by atoms with van der Waals surface area (Å²) in [4.78, 5) is 7.14. The smallest absolute Gasteiger partial charge is 0.191 e. The van der Waals surface area contributed by atoms with Gasteiger partial charge in [-0.15, -0.1) is 30.6 Å². The van der Waals surface area contributed by atoms with Crippen molar-refractivity contribution in [3.8, 4) is 0 Å². The van der Waals surface area contributed by atoms with Crippen molar-refractivity contribution in [2.75, 3.05) is 26.2 Å². The Morgan fingerprint density at radius 1 is 1.35 bits per heavy atom. The van der Waals surface area contributed by atoms with Crippen molar-refractivity contribution in [1.29, 1.82) is 0 Å². The van der Waals surface area contributed by atoms with Gasteiger partial charge in [0.25, 0.3) is 0 Å². The minimum atomic E-state index is 0. The largest absolute Gasteiger partial charge is 0.357 e. The highest BCUT2D eigenvalue weighted by Crippen LogP contribution is 2.26. The number of aliphatic imine (C=N–C) groups is 1. The number of guanidine groups is 1. The Morgan fingerprint density at radius 2 is 2.10 bits per heavy atom. The lowest BCUT2D eigenvalue weighted by atomic mass is 10.2. The number of rotatable bonds is 5. The Labute approximate surface area is 140 Å². The third kappa shape index (κ3) is 5.24. The molecule has 0 aromatic carbocycles. The first-order valence-corrected chi connectivity index (χ1v) is 7.73. The van der Waals surface area contributed by atoms with E-state index in [4.69, 9.17) is 0 Å². The maximum Gasteiger partial charge on any atom is 0.191 e. The minimum Gasteiger partial charge on any atom is -0.357 e. The molecule has 1 heterocycles. The van der Waals surface area contributed by atoms with Crippen molar-refractivity contribution in [2.45, 2.75) is 51.1 Å². The van der Waals surface area contributed by atoms with Gasteiger partial charge in [-0.1, -0.05) is 18.9 Å². The van der Waals surface area contributed by atoms with Crippen LogP contribution in [0.15, 0.2) is 17.6 Å². The van der Waals surface area contributed by atoms with E-state index in [2.05, 4.69) is 34.0 Å². The Hall–Kier alpha value is -0.300. The summed E-state index contributed by atoms with van der Waals surface area (Å²) in [6.07, 6.45) is 8.70. The van der Waals surface area contributed by atoms with E-state index in [1.165, 1.54) is 45.2 Å². The first-order chi connectivity index (χ1) is 9.33. The highest BCUT2D eigenvalue weighted by molar-refractivity contribution is 14.0. The van der Waals surface area contributed by atoms with Gasteiger partial charge in [0.2, 0.25) is 0 Å². The fourth-order valence-corrected chi connectivity index (χ4v) is 3.18. The zero-order valence-electron chi connectivity index (χ0n) is 12.6. The maximum atomic E-state index is 4.48. The zero-order valence-corrected chi connectivity index (χ0v) is 14.9. The SMILES string of the molecule is C=CCN=C(NCC)NC1CCN(C2CCCC2)C1.I. The van der Waals surface area contributed by atoms with Gasteiger partial charge in [0.1, 0.15) is 0 Å². The van der Waals surface area contributed by atoms with Crippen molar-refractivity contribution in [1.82, 2.24) is 15.5 Å². The molecule has 0 aromatic heterocycles. The molecule has 1 atom stereocenters. The maximum absolute atomic E-state index is 4.48. The van der Waals surface area contributed by atoms with Crippen LogP contribution in [-0.2, 0) is 0 Å². The fraction of sp³-hybridized carbons (Fsp3) is 0.800. The molecule has 4 nitrogen and oxygen atoms in total. The summed E-state index contributed by atoms with van der Waals surface area (Å²) in [5, 5.41) is 6.86. The average Bonchev–Trinajstić information content (AvgIpc) is 3.06. The van der Waals surface area contributed by atoms with Gasteiger partial charge in [-0.3, -0.25) is 4.90 Å². The lowest BCUT2D eigenvalue weighted by Gasteiger charge is -2.24. The third-order valence-corrected chi connectivity index (χ3v) is 4.12. The number of nitrogens with one attached hydrogen (secondary N) is 2. The van der Waals surface area contributed by atoms with Gasteiger partial charge in [-0.2, -0.15) is 0 Å². The molecule has 1 unspecified atom stereocenters. The van der Waals surface area contributed by atoms with Crippen molar-refractivity contribution >= 4 is 29.9 Å². The van der Waals surface area contributed by atoms with Gasteiger partial charge < -0.3 is 10.6 Å². The van der Waals surface area contributed by atoms with Crippen LogP contribution in [0.4, 0.5) is 0 Å². The Kier molecular flexibility index (Phi) is 8.52. The molecule has 1 saturated heterocycles. The van der Waals surface area contributed by atoms with Crippen LogP contribution in [0.2, 0.25) is 0 Å². The lowest BCUT2D eigenvalue weighted by Crippen LogP contribution is -2.45. The molecule has 0 radical (unpaired) electrons. The Balaban J connectivity index is 0.00000200. The van der Waals surface area contributed by atoms with Crippen molar-refractivity contribution < 1.29 is 0 Å². The molecule has 0 spiro atoms. The van der Waals surface area contributed by atoms with Crippen LogP contribution in [0.1, 0.15) is 39.0 Å². The van der Waals surface area contributed by atoms with Crippen molar-refractivity contribution in [3.05, 3.63) is 12.7 Å². The predicted octanol–water partition coefficient (Wildman–Crippen LogP) is 2.36. The monoisotopic (exact) mass is 392 g/mol. The van der Waals surface area contributed by atoms with Crippen molar-refractivity contribution in [2.24, 2.45) is 4.99 Å². The predicted molar refractivity (Wildman–Crippen MR) is 97.0 cm³/mol. The lowest BCUT2D eigenvalue weighted by molar-refractivity contribution is 0.242. The van der Waals surface area contributed by atoms with E-state index in [-0.39, 0.29) is 24.0 Å². The molecular formula is C15H29IN4. The van der Waals surface area contributed by atoms with Gasteiger partial charge in [0.15, 0.2) is 5.96 Å². The number of hydrogen-bond acceptors (Lipinski definition) is 2. The van der Waals surface area contributed by atoms with E-state index in [9.17, 15) is 0 Å². The molecule has 2 N–H and O–H groups in total. The third-order valence-electron chi connectivity index (χ3n) is 4.12. The van der Waals surface area contributed by atoms with E-state index >= 15 is 0 Å². The molecule has 2 rings (SSSR count). The van der Waals surface area contributed by atoms with E-state index in [0.717, 1.165) is 18.5 Å². The molecule has 1 aliphatic heterocycles. The molecule has 2 aliphatic rings. The molecule has 5 heteroatoms. The molecule has 0 bridgehead atoms. The quantitative estimate of drug-likeness (QED) is 0.327. The van der Waals surface area contributed by atoms with Crippen LogP contribution in [0, 0.1) is 0 Å². The molecule has 20 heavy (non-hydrogen) atoms.